The summed E-state index contributed by atoms with van der Waals surface area (Å²) in [5, 5.41) is 15.3. The van der Waals surface area contributed by atoms with Crippen molar-refractivity contribution in [2.45, 2.75) is 19.0 Å². The first kappa shape index (κ1) is 23.8. The first-order chi connectivity index (χ1) is 17.6. The second-order valence-electron chi connectivity index (χ2n) is 9.11. The van der Waals surface area contributed by atoms with Crippen LogP contribution in [0, 0.1) is 11.3 Å². The molecule has 0 N–H and O–H groups in total. The predicted octanol–water partition coefficient (Wildman–Crippen LogP) is 3.66. The summed E-state index contributed by atoms with van der Waals surface area (Å²) in [6, 6.07) is 21.1. The summed E-state index contributed by atoms with van der Waals surface area (Å²) in [6.45, 7) is 4.56. The molecule has 8 nitrogen and oxygen atoms in total. The Balaban J connectivity index is 1.21. The van der Waals surface area contributed by atoms with Crippen molar-refractivity contribution >= 4 is 11.6 Å². The number of rotatable bonds is 7. The van der Waals surface area contributed by atoms with Crippen molar-refractivity contribution in [1.29, 1.82) is 5.26 Å². The van der Waals surface area contributed by atoms with Crippen molar-refractivity contribution in [3.8, 4) is 11.8 Å². The molecule has 8 heteroatoms. The number of methoxy groups -OCH3 is 1. The van der Waals surface area contributed by atoms with Crippen LogP contribution in [0.2, 0.25) is 0 Å². The van der Waals surface area contributed by atoms with Gasteiger partial charge >= 0.3 is 0 Å². The van der Waals surface area contributed by atoms with Crippen LogP contribution in [0.3, 0.4) is 0 Å². The number of benzene rings is 2. The van der Waals surface area contributed by atoms with Crippen molar-refractivity contribution in [2.24, 2.45) is 5.10 Å². The standard InChI is InChI=1S/C28H29N5O3/c1-35-24-10-8-23(9-11-24)25-17-26(27-3-2-16-36-27)33(30-25)28(34)20-32-14-12-31(13-15-32)19-22-6-4-21(18-29)5-7-22/h2-11,16,26H,12-15,17,19-20H2,1H3/t26-/m0/s1. The summed E-state index contributed by atoms with van der Waals surface area (Å²) < 4.78 is 10.9. The Morgan fingerprint density at radius 1 is 1.06 bits per heavy atom. The van der Waals surface area contributed by atoms with E-state index in [1.54, 1.807) is 18.4 Å². The number of carbonyl (C=O) groups excluding carboxylic acids is 1. The van der Waals surface area contributed by atoms with Gasteiger partial charge in [-0.05, 0) is 59.7 Å². The Morgan fingerprint density at radius 3 is 2.42 bits per heavy atom. The molecule has 1 fully saturated rings. The van der Waals surface area contributed by atoms with Gasteiger partial charge in [0, 0.05) is 39.1 Å². The maximum Gasteiger partial charge on any atom is 0.257 e. The molecule has 0 aliphatic carbocycles. The predicted molar refractivity (Wildman–Crippen MR) is 135 cm³/mol. The molecule has 2 aliphatic heterocycles. The van der Waals surface area contributed by atoms with E-state index in [0.717, 1.165) is 55.5 Å². The van der Waals surface area contributed by atoms with Gasteiger partial charge in [0.1, 0.15) is 17.6 Å². The highest BCUT2D eigenvalue weighted by Gasteiger charge is 2.35. The summed E-state index contributed by atoms with van der Waals surface area (Å²) in [5.74, 6) is 1.49. The van der Waals surface area contributed by atoms with Crippen molar-refractivity contribution in [1.82, 2.24) is 14.8 Å². The molecule has 1 amide bonds. The molecular weight excluding hydrogens is 454 g/mol. The normalized spacial score (nSPS) is 18.6. The first-order valence-electron chi connectivity index (χ1n) is 12.1. The van der Waals surface area contributed by atoms with Crippen molar-refractivity contribution < 1.29 is 13.9 Å². The fourth-order valence-corrected chi connectivity index (χ4v) is 4.71. The topological polar surface area (TPSA) is 85.3 Å². The first-order valence-corrected chi connectivity index (χ1v) is 12.1. The molecule has 2 aliphatic rings. The SMILES string of the molecule is COc1ccc(C2=NN(C(=O)CN3CCN(Cc4ccc(C#N)cc4)CC3)[C@H](c3ccco3)C2)cc1. The van der Waals surface area contributed by atoms with E-state index >= 15 is 0 Å². The Labute approximate surface area is 211 Å². The fraction of sp³-hybridized carbons (Fsp3) is 0.321. The van der Waals surface area contributed by atoms with Crippen LogP contribution in [0.25, 0.3) is 0 Å². The Hall–Kier alpha value is -3.93. The molecule has 36 heavy (non-hydrogen) atoms. The molecule has 184 valence electrons. The molecule has 0 saturated carbocycles. The lowest BCUT2D eigenvalue weighted by atomic mass is 10.0. The van der Waals surface area contributed by atoms with Crippen molar-refractivity contribution in [2.75, 3.05) is 39.8 Å². The molecule has 1 atom stereocenters. The van der Waals surface area contributed by atoms with Crippen LogP contribution >= 0.6 is 0 Å². The molecule has 3 heterocycles. The number of nitriles is 1. The van der Waals surface area contributed by atoms with Gasteiger partial charge in [-0.3, -0.25) is 14.6 Å². The Bertz CT molecular complexity index is 1240. The van der Waals surface area contributed by atoms with Gasteiger partial charge in [-0.15, -0.1) is 0 Å². The lowest BCUT2D eigenvalue weighted by Gasteiger charge is -2.35. The van der Waals surface area contributed by atoms with E-state index in [-0.39, 0.29) is 11.9 Å². The van der Waals surface area contributed by atoms with E-state index in [2.05, 4.69) is 15.9 Å². The van der Waals surface area contributed by atoms with E-state index in [4.69, 9.17) is 19.5 Å². The van der Waals surface area contributed by atoms with Crippen LogP contribution in [0.5, 0.6) is 5.75 Å². The number of nitrogens with zero attached hydrogens (tertiary/aromatic N) is 5. The number of amides is 1. The molecule has 0 unspecified atom stereocenters. The minimum absolute atomic E-state index is 0.0274. The lowest BCUT2D eigenvalue weighted by Crippen LogP contribution is -2.49. The number of hydrazone groups is 1. The zero-order chi connectivity index (χ0) is 24.9. The zero-order valence-corrected chi connectivity index (χ0v) is 20.3. The molecule has 1 aromatic heterocycles. The second kappa shape index (κ2) is 10.8. The molecule has 0 radical (unpaired) electrons. The van der Waals surface area contributed by atoms with Gasteiger partial charge in [0.05, 0.1) is 37.3 Å². The van der Waals surface area contributed by atoms with Gasteiger partial charge in [-0.2, -0.15) is 10.4 Å². The van der Waals surface area contributed by atoms with Crippen LogP contribution in [-0.2, 0) is 11.3 Å². The third kappa shape index (κ3) is 5.33. The van der Waals surface area contributed by atoms with E-state index < -0.39 is 0 Å². The second-order valence-corrected chi connectivity index (χ2v) is 9.11. The number of hydrogen-bond donors (Lipinski definition) is 0. The molecule has 1 saturated heterocycles. The number of ether oxygens (including phenoxy) is 1. The lowest BCUT2D eigenvalue weighted by molar-refractivity contribution is -0.135. The van der Waals surface area contributed by atoms with Gasteiger partial charge in [-0.25, -0.2) is 5.01 Å². The highest BCUT2D eigenvalue weighted by atomic mass is 16.5. The van der Waals surface area contributed by atoms with E-state index in [9.17, 15) is 4.79 Å². The summed E-state index contributed by atoms with van der Waals surface area (Å²) >= 11 is 0. The quantitative estimate of drug-likeness (QED) is 0.510. The molecule has 0 bridgehead atoms. The maximum absolute atomic E-state index is 13.4. The minimum Gasteiger partial charge on any atom is -0.497 e. The van der Waals surface area contributed by atoms with Crippen LogP contribution in [0.4, 0.5) is 0 Å². The summed E-state index contributed by atoms with van der Waals surface area (Å²) in [4.78, 5) is 18.0. The van der Waals surface area contributed by atoms with Crippen LogP contribution in [0.1, 0.15) is 34.9 Å². The smallest absolute Gasteiger partial charge is 0.257 e. The van der Waals surface area contributed by atoms with Gasteiger partial charge in [-0.1, -0.05) is 12.1 Å². The van der Waals surface area contributed by atoms with Crippen molar-refractivity contribution in [3.05, 3.63) is 89.4 Å². The Morgan fingerprint density at radius 2 is 1.78 bits per heavy atom. The largest absolute Gasteiger partial charge is 0.497 e. The number of hydrogen-bond acceptors (Lipinski definition) is 7. The zero-order valence-electron chi connectivity index (χ0n) is 20.3. The fourth-order valence-electron chi connectivity index (χ4n) is 4.71. The van der Waals surface area contributed by atoms with Gasteiger partial charge in [0.2, 0.25) is 0 Å². The highest BCUT2D eigenvalue weighted by Crippen LogP contribution is 2.33. The van der Waals surface area contributed by atoms with Gasteiger partial charge in [0.25, 0.3) is 5.91 Å². The third-order valence-electron chi connectivity index (χ3n) is 6.77. The van der Waals surface area contributed by atoms with E-state index in [1.807, 2.05) is 60.7 Å². The van der Waals surface area contributed by atoms with Crippen LogP contribution in [-0.4, -0.2) is 66.3 Å². The summed E-state index contributed by atoms with van der Waals surface area (Å²) in [6.07, 6.45) is 2.24. The number of carbonyl (C=O) groups is 1. The summed E-state index contributed by atoms with van der Waals surface area (Å²) in [7, 11) is 1.64. The van der Waals surface area contributed by atoms with E-state index in [1.165, 1.54) is 5.56 Å². The molecule has 0 spiro atoms. The van der Waals surface area contributed by atoms with Crippen molar-refractivity contribution in [3.63, 3.8) is 0 Å². The van der Waals surface area contributed by atoms with E-state index in [0.29, 0.717) is 18.5 Å². The number of furan rings is 1. The number of piperazine rings is 1. The molecule has 3 aromatic rings. The Kier molecular flexibility index (Phi) is 7.12. The molecule has 5 rings (SSSR count). The van der Waals surface area contributed by atoms with Crippen LogP contribution < -0.4 is 4.74 Å². The molecular formula is C28H29N5O3. The third-order valence-corrected chi connectivity index (χ3v) is 6.77. The minimum atomic E-state index is -0.248. The monoisotopic (exact) mass is 483 g/mol. The highest BCUT2D eigenvalue weighted by molar-refractivity contribution is 6.03. The average Bonchev–Trinajstić information content (AvgIpc) is 3.61. The molecule has 2 aromatic carbocycles. The van der Waals surface area contributed by atoms with Gasteiger partial charge in [0.15, 0.2) is 0 Å². The van der Waals surface area contributed by atoms with Crippen LogP contribution in [0.15, 0.2) is 76.4 Å². The summed E-state index contributed by atoms with van der Waals surface area (Å²) in [5.41, 5.74) is 3.70. The average molecular weight is 484 g/mol. The van der Waals surface area contributed by atoms with Gasteiger partial charge < -0.3 is 9.15 Å². The maximum atomic E-state index is 13.4.